The lowest BCUT2D eigenvalue weighted by molar-refractivity contribution is 0.123. The Morgan fingerprint density at radius 1 is 1.17 bits per heavy atom. The van der Waals surface area contributed by atoms with Crippen LogP contribution in [0.25, 0.3) is 0 Å². The van der Waals surface area contributed by atoms with Crippen LogP contribution in [0.4, 0.5) is 14.5 Å². The third-order valence-electron chi connectivity index (χ3n) is 5.09. The maximum atomic E-state index is 14.7. The van der Waals surface area contributed by atoms with Gasteiger partial charge >= 0.3 is 0 Å². The minimum absolute atomic E-state index is 0.0267. The van der Waals surface area contributed by atoms with E-state index in [0.29, 0.717) is 13.1 Å². The fourth-order valence-corrected chi connectivity index (χ4v) is 3.77. The molecular formula is C21H25F2N5S. The van der Waals surface area contributed by atoms with Gasteiger partial charge < -0.3 is 10.6 Å². The predicted octanol–water partition coefficient (Wildman–Crippen LogP) is 3.23. The highest BCUT2D eigenvalue weighted by Crippen LogP contribution is 2.28. The second kappa shape index (κ2) is 9.28. The van der Waals surface area contributed by atoms with Crippen molar-refractivity contribution in [3.8, 4) is 0 Å². The fraction of sp³-hybridized carbons (Fsp3) is 0.333. The van der Waals surface area contributed by atoms with Gasteiger partial charge in [0, 0.05) is 43.3 Å². The highest BCUT2D eigenvalue weighted by Gasteiger charge is 2.31. The van der Waals surface area contributed by atoms with Crippen LogP contribution < -0.4 is 16.1 Å². The summed E-state index contributed by atoms with van der Waals surface area (Å²) in [6, 6.07) is 13.0. The monoisotopic (exact) mass is 417 g/mol. The number of hydrazone groups is 1. The van der Waals surface area contributed by atoms with E-state index in [1.165, 1.54) is 11.6 Å². The molecular weight excluding hydrogens is 392 g/mol. The average molecular weight is 418 g/mol. The second-order valence-electron chi connectivity index (χ2n) is 7.32. The van der Waals surface area contributed by atoms with Gasteiger partial charge in [-0.3, -0.25) is 10.3 Å². The summed E-state index contributed by atoms with van der Waals surface area (Å²) in [6.07, 6.45) is 1.16. The van der Waals surface area contributed by atoms with Crippen molar-refractivity contribution >= 4 is 29.2 Å². The number of nitrogens with zero attached hydrogens (tertiary/aromatic N) is 3. The minimum atomic E-state index is -0.554. The first-order valence-electron chi connectivity index (χ1n) is 9.47. The molecule has 1 heterocycles. The Labute approximate surface area is 175 Å². The number of anilines is 1. The molecule has 0 bridgehead atoms. The molecule has 1 fully saturated rings. The van der Waals surface area contributed by atoms with Gasteiger partial charge in [-0.2, -0.15) is 5.10 Å². The molecule has 5 nitrogen and oxygen atoms in total. The van der Waals surface area contributed by atoms with Gasteiger partial charge in [0.2, 0.25) is 0 Å². The largest absolute Gasteiger partial charge is 0.375 e. The topological polar surface area (TPSA) is 56.9 Å². The summed E-state index contributed by atoms with van der Waals surface area (Å²) in [6.45, 7) is 6.29. The SMILES string of the molecule is C[C@@H]1CN(c2cc(F)c(/C=N/NC(N)=S)cc2F)C[C@H](C)N1Cc1ccccc1. The van der Waals surface area contributed by atoms with Gasteiger partial charge in [0.25, 0.3) is 0 Å². The van der Waals surface area contributed by atoms with E-state index in [0.717, 1.165) is 18.8 Å². The number of halogens is 2. The Hall–Kier alpha value is -2.58. The van der Waals surface area contributed by atoms with E-state index in [4.69, 9.17) is 5.73 Å². The van der Waals surface area contributed by atoms with E-state index >= 15 is 0 Å². The molecule has 0 aromatic heterocycles. The molecule has 2 atom stereocenters. The molecule has 0 saturated carbocycles. The van der Waals surface area contributed by atoms with Crippen LogP contribution in [0.5, 0.6) is 0 Å². The highest BCUT2D eigenvalue weighted by atomic mass is 32.1. The molecule has 1 aliphatic heterocycles. The van der Waals surface area contributed by atoms with Crippen LogP contribution in [0.15, 0.2) is 47.6 Å². The standard InChI is InChI=1S/C21H25F2N5S/c1-14-11-27(12-15(2)28(14)13-16-6-4-3-5-7-16)20-9-18(22)17(8-19(20)23)10-25-26-21(24)29/h3-10,14-15H,11-13H2,1-2H3,(H3,24,26,29)/b25-10+/t14-,15+. The van der Waals surface area contributed by atoms with Crippen molar-refractivity contribution in [2.75, 3.05) is 18.0 Å². The number of benzene rings is 2. The van der Waals surface area contributed by atoms with Gasteiger partial charge in [-0.1, -0.05) is 30.3 Å². The van der Waals surface area contributed by atoms with Gasteiger partial charge in [-0.15, -0.1) is 0 Å². The van der Waals surface area contributed by atoms with Crippen molar-refractivity contribution in [1.29, 1.82) is 0 Å². The van der Waals surface area contributed by atoms with Crippen molar-refractivity contribution < 1.29 is 8.78 Å². The van der Waals surface area contributed by atoms with Crippen molar-refractivity contribution in [3.63, 3.8) is 0 Å². The zero-order valence-electron chi connectivity index (χ0n) is 16.5. The third-order valence-corrected chi connectivity index (χ3v) is 5.19. The molecule has 3 N–H and O–H groups in total. The molecule has 0 radical (unpaired) electrons. The highest BCUT2D eigenvalue weighted by molar-refractivity contribution is 7.80. The Balaban J connectivity index is 1.74. The minimum Gasteiger partial charge on any atom is -0.375 e. The molecule has 2 aromatic carbocycles. The lowest BCUT2D eigenvalue weighted by atomic mass is 10.0. The number of nitrogens with one attached hydrogen (secondary N) is 1. The van der Waals surface area contributed by atoms with Gasteiger partial charge in [0.1, 0.15) is 11.6 Å². The normalized spacial score (nSPS) is 20.2. The third kappa shape index (κ3) is 5.27. The fourth-order valence-electron chi connectivity index (χ4n) is 3.72. The first-order valence-corrected chi connectivity index (χ1v) is 9.88. The van der Waals surface area contributed by atoms with E-state index in [2.05, 4.69) is 53.6 Å². The Morgan fingerprint density at radius 2 is 1.83 bits per heavy atom. The predicted molar refractivity (Wildman–Crippen MR) is 117 cm³/mol. The van der Waals surface area contributed by atoms with Crippen LogP contribution in [0.1, 0.15) is 25.0 Å². The van der Waals surface area contributed by atoms with Crippen LogP contribution in [-0.2, 0) is 6.54 Å². The number of nitrogens with two attached hydrogens (primary N) is 1. The maximum absolute atomic E-state index is 14.7. The first-order chi connectivity index (χ1) is 13.8. The van der Waals surface area contributed by atoms with Crippen molar-refractivity contribution in [3.05, 3.63) is 65.2 Å². The molecule has 8 heteroatoms. The quantitative estimate of drug-likeness (QED) is 0.444. The lowest BCUT2D eigenvalue weighted by Crippen LogP contribution is -2.56. The van der Waals surface area contributed by atoms with Crippen molar-refractivity contribution in [1.82, 2.24) is 10.3 Å². The van der Waals surface area contributed by atoms with Gasteiger partial charge in [0.15, 0.2) is 5.11 Å². The summed E-state index contributed by atoms with van der Waals surface area (Å²) < 4.78 is 29.2. The maximum Gasteiger partial charge on any atom is 0.184 e. The molecule has 0 amide bonds. The molecule has 0 aliphatic carbocycles. The number of hydrogen-bond acceptors (Lipinski definition) is 4. The average Bonchev–Trinajstić information content (AvgIpc) is 2.67. The molecule has 2 aromatic rings. The van der Waals surface area contributed by atoms with Crippen molar-refractivity contribution in [2.45, 2.75) is 32.5 Å². The van der Waals surface area contributed by atoms with E-state index in [1.54, 1.807) is 0 Å². The summed E-state index contributed by atoms with van der Waals surface area (Å²) in [7, 11) is 0. The molecule has 1 saturated heterocycles. The second-order valence-corrected chi connectivity index (χ2v) is 7.76. The van der Waals surface area contributed by atoms with E-state index in [1.807, 2.05) is 23.1 Å². The number of thiocarbonyl (C=S) groups is 1. The number of rotatable bonds is 5. The number of hydrogen-bond donors (Lipinski definition) is 2. The molecule has 29 heavy (non-hydrogen) atoms. The summed E-state index contributed by atoms with van der Waals surface area (Å²) >= 11 is 4.62. The summed E-state index contributed by atoms with van der Waals surface area (Å²) in [5, 5.41) is 3.64. The molecule has 3 rings (SSSR count). The molecule has 154 valence electrons. The van der Waals surface area contributed by atoms with Crippen LogP contribution in [-0.4, -0.2) is 41.4 Å². The Kier molecular flexibility index (Phi) is 6.76. The van der Waals surface area contributed by atoms with Gasteiger partial charge in [0.05, 0.1) is 11.9 Å². The van der Waals surface area contributed by atoms with E-state index in [9.17, 15) is 8.78 Å². The molecule has 0 unspecified atom stereocenters. The first kappa shape index (κ1) is 21.1. The van der Waals surface area contributed by atoms with E-state index < -0.39 is 11.6 Å². The van der Waals surface area contributed by atoms with E-state index in [-0.39, 0.29) is 28.4 Å². The van der Waals surface area contributed by atoms with Gasteiger partial charge in [-0.05, 0) is 37.7 Å². The smallest absolute Gasteiger partial charge is 0.184 e. The Morgan fingerprint density at radius 3 is 2.45 bits per heavy atom. The summed E-state index contributed by atoms with van der Waals surface area (Å²) in [5.41, 5.74) is 9.12. The van der Waals surface area contributed by atoms with Crippen molar-refractivity contribution in [2.24, 2.45) is 10.8 Å². The zero-order valence-corrected chi connectivity index (χ0v) is 17.3. The Bertz CT molecular complexity index is 878. The zero-order chi connectivity index (χ0) is 21.0. The summed E-state index contributed by atoms with van der Waals surface area (Å²) in [4.78, 5) is 4.30. The summed E-state index contributed by atoms with van der Waals surface area (Å²) in [5.74, 6) is -1.04. The van der Waals surface area contributed by atoms with Crippen LogP contribution >= 0.6 is 12.2 Å². The van der Waals surface area contributed by atoms with Gasteiger partial charge in [-0.25, -0.2) is 8.78 Å². The lowest BCUT2D eigenvalue weighted by Gasteiger charge is -2.45. The van der Waals surface area contributed by atoms with Crippen LogP contribution in [0, 0.1) is 11.6 Å². The van der Waals surface area contributed by atoms with Crippen LogP contribution in [0.3, 0.4) is 0 Å². The molecule has 0 spiro atoms. The number of piperazine rings is 1. The molecule has 1 aliphatic rings. The van der Waals surface area contributed by atoms with Crippen LogP contribution in [0.2, 0.25) is 0 Å².